The van der Waals surface area contributed by atoms with Crippen molar-refractivity contribution >= 4 is 35.3 Å². The fraction of sp³-hybridized carbons (Fsp3) is 0.711. The van der Waals surface area contributed by atoms with E-state index >= 15 is 0 Å². The standard InChI is InChI=1S/C38H64N4O10/c1-27(2)14-17-48-19-21-50-23-24-51-22-20-49-18-15-33(44)42-34(28(3)4)32(43)25-30(9-8-16-40-37(39)47)35(45)41-31-12-10-29(11-13-31)26-52-36(46)38(5,6)7/h10-13,27-28,30,34H,8-9,14-26H2,1-7H3,(H,41,45)(H,42,44)(H3,39,40,47)/t30?,34-/m1/s1. The molecule has 0 radical (unpaired) electrons. The van der Waals surface area contributed by atoms with Crippen LogP contribution < -0.4 is 21.7 Å². The molecular formula is C38H64N4O10. The Morgan fingerprint density at radius 2 is 1.33 bits per heavy atom. The molecule has 0 aliphatic heterocycles. The third-order valence-corrected chi connectivity index (χ3v) is 7.81. The molecule has 5 N–H and O–H groups in total. The molecule has 0 saturated heterocycles. The summed E-state index contributed by atoms with van der Waals surface area (Å²) in [6, 6.07) is 5.39. The van der Waals surface area contributed by atoms with Crippen LogP contribution >= 0.6 is 0 Å². The zero-order chi connectivity index (χ0) is 38.9. The number of anilines is 1. The number of nitrogens with one attached hydrogen (secondary N) is 3. The molecule has 1 aromatic rings. The van der Waals surface area contributed by atoms with Gasteiger partial charge in [-0.15, -0.1) is 0 Å². The van der Waals surface area contributed by atoms with Gasteiger partial charge < -0.3 is 45.4 Å². The number of hydrogen-bond donors (Lipinski definition) is 4. The lowest BCUT2D eigenvalue weighted by Crippen LogP contribution is -2.45. The maximum Gasteiger partial charge on any atom is 0.312 e. The summed E-state index contributed by atoms with van der Waals surface area (Å²) < 4.78 is 27.3. The first kappa shape index (κ1) is 46.4. The molecule has 0 heterocycles. The predicted molar refractivity (Wildman–Crippen MR) is 198 cm³/mol. The Kier molecular flexibility index (Phi) is 23.4. The molecule has 0 fully saturated rings. The minimum absolute atomic E-state index is 0.0600. The van der Waals surface area contributed by atoms with E-state index in [1.54, 1.807) is 45.0 Å². The van der Waals surface area contributed by atoms with Crippen molar-refractivity contribution in [3.63, 3.8) is 0 Å². The summed E-state index contributed by atoms with van der Waals surface area (Å²) in [5.74, 6) is -1.64. The molecule has 0 spiro atoms. The van der Waals surface area contributed by atoms with Gasteiger partial charge in [-0.25, -0.2) is 4.79 Å². The molecule has 14 heteroatoms. The summed E-state index contributed by atoms with van der Waals surface area (Å²) in [7, 11) is 0. The summed E-state index contributed by atoms with van der Waals surface area (Å²) in [4.78, 5) is 62.8. The van der Waals surface area contributed by atoms with E-state index in [9.17, 15) is 24.0 Å². The van der Waals surface area contributed by atoms with Crippen LogP contribution in [0.3, 0.4) is 0 Å². The smallest absolute Gasteiger partial charge is 0.312 e. The maximum atomic E-state index is 13.5. The van der Waals surface area contributed by atoms with Crippen LogP contribution in [0.2, 0.25) is 0 Å². The molecule has 52 heavy (non-hydrogen) atoms. The fourth-order valence-corrected chi connectivity index (χ4v) is 4.66. The third-order valence-electron chi connectivity index (χ3n) is 7.81. The lowest BCUT2D eigenvalue weighted by atomic mass is 9.89. The predicted octanol–water partition coefficient (Wildman–Crippen LogP) is 4.38. The van der Waals surface area contributed by atoms with Crippen LogP contribution in [0.5, 0.6) is 0 Å². The van der Waals surface area contributed by atoms with Crippen molar-refractivity contribution in [2.24, 2.45) is 28.9 Å². The highest BCUT2D eigenvalue weighted by atomic mass is 16.6. The van der Waals surface area contributed by atoms with Gasteiger partial charge in [-0.1, -0.05) is 39.8 Å². The number of esters is 1. The monoisotopic (exact) mass is 736 g/mol. The van der Waals surface area contributed by atoms with E-state index in [-0.39, 0.29) is 62.1 Å². The molecule has 0 aliphatic carbocycles. The highest BCUT2D eigenvalue weighted by molar-refractivity contribution is 5.97. The lowest BCUT2D eigenvalue weighted by molar-refractivity contribution is -0.154. The SMILES string of the molecule is CC(C)CCOCCOCCOCCOCCC(=O)N[C@@H](C(=O)CC(CCCNC(N)=O)C(=O)Nc1ccc(COC(=O)C(C)(C)C)cc1)C(C)C. The molecular weight excluding hydrogens is 672 g/mol. The molecule has 0 saturated carbocycles. The van der Waals surface area contributed by atoms with Gasteiger partial charge in [0.2, 0.25) is 11.8 Å². The van der Waals surface area contributed by atoms with Crippen LogP contribution in [0.1, 0.15) is 86.1 Å². The number of primary amides is 1. The quantitative estimate of drug-likeness (QED) is 0.0709. The summed E-state index contributed by atoms with van der Waals surface area (Å²) in [5.41, 5.74) is 5.82. The normalized spacial score (nSPS) is 12.7. The molecule has 0 bridgehead atoms. The van der Waals surface area contributed by atoms with E-state index in [1.807, 2.05) is 13.8 Å². The van der Waals surface area contributed by atoms with Crippen molar-refractivity contribution in [2.45, 2.75) is 93.2 Å². The summed E-state index contributed by atoms with van der Waals surface area (Å²) in [5, 5.41) is 8.16. The Morgan fingerprint density at radius 3 is 1.85 bits per heavy atom. The molecule has 4 amide bonds. The van der Waals surface area contributed by atoms with E-state index in [1.165, 1.54) is 0 Å². The van der Waals surface area contributed by atoms with Crippen LogP contribution in [0.25, 0.3) is 0 Å². The fourth-order valence-electron chi connectivity index (χ4n) is 4.66. The van der Waals surface area contributed by atoms with E-state index in [4.69, 9.17) is 29.4 Å². The second-order valence-corrected chi connectivity index (χ2v) is 14.5. The number of carbonyl (C=O) groups is 5. The summed E-state index contributed by atoms with van der Waals surface area (Å²) in [6.07, 6.45) is 1.68. The Morgan fingerprint density at radius 1 is 0.769 bits per heavy atom. The van der Waals surface area contributed by atoms with Crippen molar-refractivity contribution in [2.75, 3.05) is 64.7 Å². The molecule has 2 atom stereocenters. The van der Waals surface area contributed by atoms with Gasteiger partial charge in [0, 0.05) is 37.6 Å². The van der Waals surface area contributed by atoms with Crippen molar-refractivity contribution in [1.82, 2.24) is 10.6 Å². The van der Waals surface area contributed by atoms with Gasteiger partial charge in [-0.3, -0.25) is 19.2 Å². The number of hydrogen-bond acceptors (Lipinski definition) is 10. The average Bonchev–Trinajstić information content (AvgIpc) is 3.07. The first-order valence-electron chi connectivity index (χ1n) is 18.3. The summed E-state index contributed by atoms with van der Waals surface area (Å²) in [6.45, 7) is 17.2. The number of ether oxygens (including phenoxy) is 5. The highest BCUT2D eigenvalue weighted by Crippen LogP contribution is 2.20. The molecule has 0 aliphatic rings. The summed E-state index contributed by atoms with van der Waals surface area (Å²) >= 11 is 0. The molecule has 296 valence electrons. The zero-order valence-electron chi connectivity index (χ0n) is 32.4. The first-order valence-corrected chi connectivity index (χ1v) is 18.3. The van der Waals surface area contributed by atoms with E-state index in [0.29, 0.717) is 64.1 Å². The van der Waals surface area contributed by atoms with Crippen LogP contribution in [-0.2, 0) is 49.5 Å². The Balaban J connectivity index is 2.56. The number of rotatable bonds is 28. The topological polar surface area (TPSA) is 194 Å². The minimum atomic E-state index is -0.800. The molecule has 1 aromatic carbocycles. The number of nitrogens with two attached hydrogens (primary N) is 1. The number of ketones is 1. The van der Waals surface area contributed by atoms with E-state index in [0.717, 1.165) is 18.6 Å². The van der Waals surface area contributed by atoms with Crippen molar-refractivity contribution in [3.8, 4) is 0 Å². The van der Waals surface area contributed by atoms with Crippen molar-refractivity contribution < 1.29 is 47.7 Å². The van der Waals surface area contributed by atoms with Crippen molar-refractivity contribution in [3.05, 3.63) is 29.8 Å². The molecule has 14 nitrogen and oxygen atoms in total. The zero-order valence-corrected chi connectivity index (χ0v) is 32.4. The Hall–Kier alpha value is -3.59. The van der Waals surface area contributed by atoms with Gasteiger partial charge in [-0.05, 0) is 69.6 Å². The second-order valence-electron chi connectivity index (χ2n) is 14.5. The number of carbonyl (C=O) groups excluding carboxylic acids is 5. The van der Waals surface area contributed by atoms with Gasteiger partial charge in [0.15, 0.2) is 5.78 Å². The van der Waals surface area contributed by atoms with Gasteiger partial charge >= 0.3 is 12.0 Å². The van der Waals surface area contributed by atoms with Crippen LogP contribution in [0.4, 0.5) is 10.5 Å². The lowest BCUT2D eigenvalue weighted by Gasteiger charge is -2.24. The minimum Gasteiger partial charge on any atom is -0.460 e. The van der Waals surface area contributed by atoms with Crippen LogP contribution in [0.15, 0.2) is 24.3 Å². The van der Waals surface area contributed by atoms with Crippen LogP contribution in [0, 0.1) is 23.2 Å². The molecule has 1 rings (SSSR count). The number of urea groups is 1. The number of amides is 4. The van der Waals surface area contributed by atoms with Gasteiger partial charge in [0.25, 0.3) is 0 Å². The number of benzene rings is 1. The van der Waals surface area contributed by atoms with Gasteiger partial charge in [-0.2, -0.15) is 0 Å². The van der Waals surface area contributed by atoms with E-state index in [2.05, 4.69) is 29.8 Å². The maximum absolute atomic E-state index is 13.5. The number of Topliss-reactive ketones (excluding diaryl/α,β-unsaturated/α-hetero) is 1. The first-order chi connectivity index (χ1) is 24.6. The third kappa shape index (κ3) is 22.4. The Bertz CT molecular complexity index is 1200. The largest absolute Gasteiger partial charge is 0.460 e. The molecule has 1 unspecified atom stereocenters. The van der Waals surface area contributed by atoms with Crippen molar-refractivity contribution in [1.29, 1.82) is 0 Å². The van der Waals surface area contributed by atoms with Crippen LogP contribution in [-0.4, -0.2) is 95.0 Å². The van der Waals surface area contributed by atoms with Gasteiger partial charge in [0.1, 0.15) is 6.61 Å². The molecule has 0 aromatic heterocycles. The highest BCUT2D eigenvalue weighted by Gasteiger charge is 2.29. The second kappa shape index (κ2) is 26.2. The Labute approximate surface area is 309 Å². The average molecular weight is 737 g/mol. The van der Waals surface area contributed by atoms with E-state index < -0.39 is 23.4 Å². The van der Waals surface area contributed by atoms with Gasteiger partial charge in [0.05, 0.1) is 57.7 Å².